The molecular formula is C51H48N4O10. The van der Waals surface area contributed by atoms with Crippen LogP contribution in [0.2, 0.25) is 0 Å². The van der Waals surface area contributed by atoms with E-state index in [1.165, 1.54) is 7.11 Å². The van der Waals surface area contributed by atoms with Crippen molar-refractivity contribution < 1.29 is 48.0 Å². The number of amides is 4. The van der Waals surface area contributed by atoms with E-state index in [1.54, 1.807) is 87.7 Å². The molecule has 14 heteroatoms. The number of nitrogens with one attached hydrogen (secondary N) is 1. The predicted octanol–water partition coefficient (Wildman–Crippen LogP) is 5.52. The van der Waals surface area contributed by atoms with Gasteiger partial charge in [-0.1, -0.05) is 105 Å². The molecule has 2 fully saturated rings. The lowest BCUT2D eigenvalue weighted by molar-refractivity contribution is -0.178. The molecule has 0 aliphatic carbocycles. The van der Waals surface area contributed by atoms with Gasteiger partial charge in [0, 0.05) is 16.7 Å². The molecule has 3 aliphatic rings. The molecule has 5 aromatic carbocycles. The van der Waals surface area contributed by atoms with Gasteiger partial charge >= 0.3 is 18.0 Å². The molecule has 0 radical (unpaired) electrons. The Hall–Kier alpha value is -7.47. The van der Waals surface area contributed by atoms with Gasteiger partial charge in [-0.2, -0.15) is 0 Å². The van der Waals surface area contributed by atoms with Crippen LogP contribution in [0.15, 0.2) is 127 Å². The van der Waals surface area contributed by atoms with Gasteiger partial charge < -0.3 is 35.1 Å². The van der Waals surface area contributed by atoms with Gasteiger partial charge in [-0.3, -0.25) is 19.3 Å². The number of aliphatic hydroxyl groups excluding tert-OH is 1. The first-order chi connectivity index (χ1) is 31.5. The SMILES string of the molecule is COC(=O)[C@@H](NC(=O)N1C(=O)[C@@]2(c3cc(C#Cc4ccc(OC)cc4)ccc31)[C@H](c1ccccc1OCCO)N1[C@H](c3ccccc3)[C@H](c3ccccc3)OC(=O)[C@H]1[C@@H]2C(N)=O)C(C)C. The molecule has 3 aliphatic heterocycles. The molecule has 2 saturated heterocycles. The molecule has 0 bridgehead atoms. The van der Waals surface area contributed by atoms with Gasteiger partial charge in [0.15, 0.2) is 0 Å². The van der Waals surface area contributed by atoms with E-state index in [0.717, 1.165) is 4.90 Å². The van der Waals surface area contributed by atoms with Crippen LogP contribution in [0, 0.1) is 23.7 Å². The minimum Gasteiger partial charge on any atom is -0.497 e. The number of anilines is 1. The number of benzene rings is 5. The number of cyclic esters (lactones) is 1. The number of hydrogen-bond acceptors (Lipinski definition) is 11. The molecule has 0 saturated carbocycles. The molecule has 0 aromatic heterocycles. The maximum absolute atomic E-state index is 16.3. The number of methoxy groups -OCH3 is 2. The zero-order chi connectivity index (χ0) is 46.0. The van der Waals surface area contributed by atoms with Crippen LogP contribution in [0.5, 0.6) is 11.5 Å². The Labute approximate surface area is 376 Å². The Morgan fingerprint density at radius 1 is 0.831 bits per heavy atom. The average molecular weight is 877 g/mol. The molecule has 4 amide bonds. The smallest absolute Gasteiger partial charge is 0.329 e. The number of aliphatic hydroxyl groups is 1. The van der Waals surface area contributed by atoms with E-state index < -0.39 is 77.3 Å². The second-order valence-electron chi connectivity index (χ2n) is 16.3. The number of morpholine rings is 1. The summed E-state index contributed by atoms with van der Waals surface area (Å²) in [6.07, 6.45) is -0.969. The number of esters is 2. The van der Waals surface area contributed by atoms with E-state index in [1.807, 2.05) is 65.6 Å². The highest BCUT2D eigenvalue weighted by atomic mass is 16.6. The van der Waals surface area contributed by atoms with E-state index in [-0.39, 0.29) is 30.2 Å². The molecule has 0 unspecified atom stereocenters. The molecule has 5 aromatic rings. The molecule has 332 valence electrons. The molecule has 8 rings (SSSR count). The second kappa shape index (κ2) is 18.3. The maximum atomic E-state index is 16.3. The van der Waals surface area contributed by atoms with Crippen molar-refractivity contribution in [1.29, 1.82) is 0 Å². The van der Waals surface area contributed by atoms with E-state index in [4.69, 9.17) is 24.7 Å². The van der Waals surface area contributed by atoms with Crippen molar-refractivity contribution in [2.45, 2.75) is 49.5 Å². The normalized spacial score (nSPS) is 22.6. The quantitative estimate of drug-likeness (QED) is 0.112. The summed E-state index contributed by atoms with van der Waals surface area (Å²) in [6.45, 7) is 2.95. The Balaban J connectivity index is 1.45. The van der Waals surface area contributed by atoms with Crippen molar-refractivity contribution in [2.75, 3.05) is 32.3 Å². The second-order valence-corrected chi connectivity index (χ2v) is 16.3. The number of para-hydroxylation sites is 1. The van der Waals surface area contributed by atoms with E-state index in [9.17, 15) is 19.5 Å². The first-order valence-corrected chi connectivity index (χ1v) is 21.2. The van der Waals surface area contributed by atoms with Crippen LogP contribution in [0.25, 0.3) is 0 Å². The number of rotatable bonds is 11. The van der Waals surface area contributed by atoms with Crippen molar-refractivity contribution in [2.24, 2.45) is 17.6 Å². The average Bonchev–Trinajstić information content (AvgIpc) is 3.78. The van der Waals surface area contributed by atoms with Gasteiger partial charge in [-0.25, -0.2) is 14.5 Å². The van der Waals surface area contributed by atoms with Gasteiger partial charge in [0.1, 0.15) is 41.7 Å². The van der Waals surface area contributed by atoms with Crippen LogP contribution in [0.4, 0.5) is 10.5 Å². The summed E-state index contributed by atoms with van der Waals surface area (Å²) >= 11 is 0. The lowest BCUT2D eigenvalue weighted by Crippen LogP contribution is -2.57. The first kappa shape index (κ1) is 44.1. The summed E-state index contributed by atoms with van der Waals surface area (Å²) in [7, 11) is 2.76. The van der Waals surface area contributed by atoms with E-state index >= 15 is 9.59 Å². The van der Waals surface area contributed by atoms with Crippen LogP contribution in [0.1, 0.15) is 65.4 Å². The highest BCUT2D eigenvalue weighted by molar-refractivity contribution is 6.25. The topological polar surface area (TPSA) is 187 Å². The molecule has 14 nitrogen and oxygen atoms in total. The summed E-state index contributed by atoms with van der Waals surface area (Å²) < 4.78 is 23.0. The monoisotopic (exact) mass is 876 g/mol. The number of hydrogen-bond donors (Lipinski definition) is 3. The van der Waals surface area contributed by atoms with Crippen molar-refractivity contribution >= 4 is 35.5 Å². The Bertz CT molecular complexity index is 2680. The number of carbonyl (C=O) groups is 5. The lowest BCUT2D eigenvalue weighted by atomic mass is 9.65. The van der Waals surface area contributed by atoms with Crippen LogP contribution in [0.3, 0.4) is 0 Å². The molecule has 65 heavy (non-hydrogen) atoms. The largest absolute Gasteiger partial charge is 0.497 e. The van der Waals surface area contributed by atoms with Crippen LogP contribution in [-0.2, 0) is 34.1 Å². The van der Waals surface area contributed by atoms with Crippen LogP contribution >= 0.6 is 0 Å². The first-order valence-electron chi connectivity index (χ1n) is 21.2. The number of carbonyl (C=O) groups excluding carboxylic acids is 5. The zero-order valence-electron chi connectivity index (χ0n) is 36.2. The highest BCUT2D eigenvalue weighted by Crippen LogP contribution is 2.66. The zero-order valence-corrected chi connectivity index (χ0v) is 36.2. The summed E-state index contributed by atoms with van der Waals surface area (Å²) in [5.74, 6) is 1.62. The molecule has 1 spiro atoms. The predicted molar refractivity (Wildman–Crippen MR) is 238 cm³/mol. The van der Waals surface area contributed by atoms with E-state index in [0.29, 0.717) is 33.6 Å². The Kier molecular flexibility index (Phi) is 12.4. The summed E-state index contributed by atoms with van der Waals surface area (Å²) in [5.41, 5.74) is 7.35. The maximum Gasteiger partial charge on any atom is 0.329 e. The number of urea groups is 1. The Morgan fingerprint density at radius 2 is 1.46 bits per heavy atom. The van der Waals surface area contributed by atoms with Crippen molar-refractivity contribution in [3.05, 3.63) is 161 Å². The van der Waals surface area contributed by atoms with Gasteiger partial charge in [-0.15, -0.1) is 0 Å². The number of nitrogens with two attached hydrogens (primary N) is 1. The fourth-order valence-corrected chi connectivity index (χ4v) is 9.62. The standard InChI is InChI=1S/C51H48N4O10/c1-30(2)41(47(58)63-4)53-50(61)54-38-26-23-32(20-19-31-21-24-35(62-3)25-22-31)29-37(38)51(49(54)60)40(46(52)57)43-48(59)65-44(34-15-9-6-10-16-34)42(33-13-7-5-8-14-33)55(43)45(51)36-17-11-12-18-39(36)64-28-27-56/h5-18,21-26,29-30,40-45,56H,27-28H2,1-4H3,(H2,52,57)(H,53,61)/t40-,41+,42-,43-,44+,45+,51-/m1/s1. The summed E-state index contributed by atoms with van der Waals surface area (Å²) in [4.78, 5) is 76.6. The third-order valence-electron chi connectivity index (χ3n) is 12.4. The Morgan fingerprint density at radius 3 is 2.09 bits per heavy atom. The fourth-order valence-electron chi connectivity index (χ4n) is 9.62. The van der Waals surface area contributed by atoms with Crippen molar-refractivity contribution in [3.8, 4) is 23.3 Å². The minimum absolute atomic E-state index is 0.0731. The van der Waals surface area contributed by atoms with Gasteiger partial charge in [0.2, 0.25) is 11.8 Å². The van der Waals surface area contributed by atoms with Gasteiger partial charge in [0.25, 0.3) is 0 Å². The van der Waals surface area contributed by atoms with Crippen LogP contribution < -0.4 is 25.4 Å². The fraction of sp³-hybridized carbons (Fsp3) is 0.275. The van der Waals surface area contributed by atoms with Crippen molar-refractivity contribution in [3.63, 3.8) is 0 Å². The lowest BCUT2D eigenvalue weighted by Gasteiger charge is -2.46. The number of imide groups is 1. The third kappa shape index (κ3) is 7.72. The number of fused-ring (bicyclic) bond motifs is 3. The number of nitrogens with zero attached hydrogens (tertiary/aromatic N) is 2. The van der Waals surface area contributed by atoms with Gasteiger partial charge in [-0.05, 0) is 71.1 Å². The van der Waals surface area contributed by atoms with Crippen molar-refractivity contribution in [1.82, 2.24) is 10.2 Å². The third-order valence-corrected chi connectivity index (χ3v) is 12.4. The van der Waals surface area contributed by atoms with Gasteiger partial charge in [0.05, 0.1) is 44.5 Å². The molecule has 4 N–H and O–H groups in total. The molecule has 3 heterocycles. The van der Waals surface area contributed by atoms with E-state index in [2.05, 4.69) is 17.2 Å². The summed E-state index contributed by atoms with van der Waals surface area (Å²) in [5, 5.41) is 12.7. The number of primary amides is 1. The summed E-state index contributed by atoms with van der Waals surface area (Å²) in [6, 6.07) is 31.5. The number of ether oxygens (including phenoxy) is 4. The molecule has 7 atom stereocenters. The highest BCUT2D eigenvalue weighted by Gasteiger charge is 2.75. The van der Waals surface area contributed by atoms with Crippen LogP contribution in [-0.4, -0.2) is 79.3 Å². The minimum atomic E-state index is -2.17. The molecular weight excluding hydrogens is 829 g/mol.